The van der Waals surface area contributed by atoms with Crippen molar-refractivity contribution in [1.29, 1.82) is 0 Å². The number of rotatable bonds is 7. The summed E-state index contributed by atoms with van der Waals surface area (Å²) in [6.45, 7) is 5.43. The van der Waals surface area contributed by atoms with Gasteiger partial charge in [-0.2, -0.15) is 0 Å². The lowest BCUT2D eigenvalue weighted by Crippen LogP contribution is -2.65. The molecule has 8 nitrogen and oxygen atoms in total. The fourth-order valence-electron chi connectivity index (χ4n) is 5.59. The van der Waals surface area contributed by atoms with Crippen molar-refractivity contribution < 1.29 is 19.1 Å². The topological polar surface area (TPSA) is 84.7 Å². The van der Waals surface area contributed by atoms with E-state index in [-0.39, 0.29) is 18.1 Å². The molecule has 1 aromatic carbocycles. The van der Waals surface area contributed by atoms with Crippen molar-refractivity contribution in [1.82, 2.24) is 14.5 Å². The monoisotopic (exact) mass is 464 g/mol. The molecule has 3 aliphatic rings. The number of unbranched alkanes of at least 4 members (excludes halogenated alkanes) is 1. The highest BCUT2D eigenvalue weighted by molar-refractivity contribution is 6.09. The van der Waals surface area contributed by atoms with Crippen LogP contribution in [-0.2, 0) is 45.7 Å². The molecule has 1 spiro atoms. The number of nitrogens with zero attached hydrogens (tertiary/aromatic N) is 4. The molecule has 2 amide bonds. The molecule has 180 valence electrons. The van der Waals surface area contributed by atoms with Crippen molar-refractivity contribution in [3.8, 4) is 0 Å². The lowest BCUT2D eigenvalue weighted by atomic mass is 9.75. The molecule has 2 aromatic rings. The summed E-state index contributed by atoms with van der Waals surface area (Å²) in [5.74, 6) is 0.899. The molecule has 0 radical (unpaired) electrons. The maximum absolute atomic E-state index is 13.8. The van der Waals surface area contributed by atoms with Crippen molar-refractivity contribution in [3.05, 3.63) is 47.0 Å². The van der Waals surface area contributed by atoms with Crippen LogP contribution < -0.4 is 4.90 Å². The van der Waals surface area contributed by atoms with Gasteiger partial charge in [0.25, 0.3) is 0 Å². The Morgan fingerprint density at radius 3 is 2.74 bits per heavy atom. The van der Waals surface area contributed by atoms with E-state index in [1.54, 1.807) is 4.90 Å². The van der Waals surface area contributed by atoms with Gasteiger partial charge in [0.15, 0.2) is 0 Å². The zero-order valence-corrected chi connectivity index (χ0v) is 20.0. The third-order valence-electron chi connectivity index (χ3n) is 7.20. The normalized spacial score (nSPS) is 18.1. The number of aryl methyl sites for hydroxylation is 1. The van der Waals surface area contributed by atoms with Gasteiger partial charge in [0.2, 0.25) is 5.91 Å². The van der Waals surface area contributed by atoms with Gasteiger partial charge in [-0.15, -0.1) is 0 Å². The SMILES string of the molecule is CC(C)OC(=O)N1CC2(C1)C(=O)N(Cc1nc3c(n1CCCC=O)CCCC3)c1ccccc12. The second-order valence-electron chi connectivity index (χ2n) is 9.87. The van der Waals surface area contributed by atoms with E-state index in [1.807, 2.05) is 43.0 Å². The molecule has 1 aromatic heterocycles. The largest absolute Gasteiger partial charge is 0.447 e. The van der Waals surface area contributed by atoms with Crippen molar-refractivity contribution in [3.63, 3.8) is 0 Å². The van der Waals surface area contributed by atoms with Gasteiger partial charge in [-0.3, -0.25) is 4.79 Å². The summed E-state index contributed by atoms with van der Waals surface area (Å²) in [5.41, 5.74) is 3.53. The average Bonchev–Trinajstić information content (AvgIpc) is 3.25. The van der Waals surface area contributed by atoms with Gasteiger partial charge < -0.3 is 23.9 Å². The highest BCUT2D eigenvalue weighted by Crippen LogP contribution is 2.48. The molecule has 1 fully saturated rings. The van der Waals surface area contributed by atoms with Crippen LogP contribution >= 0.6 is 0 Å². The van der Waals surface area contributed by atoms with Gasteiger partial charge in [0.1, 0.15) is 17.5 Å². The number of benzene rings is 1. The summed E-state index contributed by atoms with van der Waals surface area (Å²) in [7, 11) is 0. The number of carbonyl (C=O) groups excluding carboxylic acids is 3. The van der Waals surface area contributed by atoms with Gasteiger partial charge >= 0.3 is 6.09 Å². The number of carbonyl (C=O) groups is 3. The Labute approximate surface area is 199 Å². The van der Waals surface area contributed by atoms with Crippen molar-refractivity contribution in [2.45, 2.75) is 77.0 Å². The zero-order chi connectivity index (χ0) is 23.9. The molecule has 0 bridgehead atoms. The minimum absolute atomic E-state index is 0.0164. The van der Waals surface area contributed by atoms with Crippen molar-refractivity contribution >= 4 is 24.0 Å². The van der Waals surface area contributed by atoms with Crippen LogP contribution in [0.3, 0.4) is 0 Å². The van der Waals surface area contributed by atoms with Crippen LogP contribution in [-0.4, -0.2) is 51.9 Å². The molecule has 5 rings (SSSR count). The van der Waals surface area contributed by atoms with E-state index in [0.29, 0.717) is 26.1 Å². The summed E-state index contributed by atoms with van der Waals surface area (Å²) in [4.78, 5) is 45.5. The molecule has 1 saturated heterocycles. The number of hydrogen-bond donors (Lipinski definition) is 0. The van der Waals surface area contributed by atoms with Gasteiger partial charge in [-0.05, 0) is 57.6 Å². The minimum Gasteiger partial charge on any atom is -0.447 e. The lowest BCUT2D eigenvalue weighted by Gasteiger charge is -2.46. The first kappa shape index (κ1) is 22.6. The molecule has 2 aliphatic heterocycles. The number of aromatic nitrogens is 2. The lowest BCUT2D eigenvalue weighted by molar-refractivity contribution is -0.128. The van der Waals surface area contributed by atoms with Crippen LogP contribution in [0, 0.1) is 0 Å². The second-order valence-corrected chi connectivity index (χ2v) is 9.87. The predicted molar refractivity (Wildman–Crippen MR) is 127 cm³/mol. The quantitative estimate of drug-likeness (QED) is 0.463. The number of amides is 2. The first-order chi connectivity index (χ1) is 16.4. The molecule has 0 N–H and O–H groups in total. The number of aldehydes is 1. The number of likely N-dealkylation sites (tertiary alicyclic amines) is 1. The number of anilines is 1. The first-order valence-corrected chi connectivity index (χ1v) is 12.3. The van der Waals surface area contributed by atoms with E-state index in [2.05, 4.69) is 4.57 Å². The van der Waals surface area contributed by atoms with E-state index >= 15 is 0 Å². The Morgan fingerprint density at radius 1 is 1.21 bits per heavy atom. The molecule has 1 aliphatic carbocycles. The average molecular weight is 465 g/mol. The van der Waals surface area contributed by atoms with Crippen LogP contribution in [0.5, 0.6) is 0 Å². The smallest absolute Gasteiger partial charge is 0.410 e. The van der Waals surface area contributed by atoms with E-state index in [1.165, 1.54) is 5.69 Å². The fraction of sp³-hybridized carbons (Fsp3) is 0.538. The number of ether oxygens (including phenoxy) is 1. The van der Waals surface area contributed by atoms with Crippen molar-refractivity contribution in [2.24, 2.45) is 0 Å². The van der Waals surface area contributed by atoms with E-state index < -0.39 is 5.41 Å². The Kier molecular flexibility index (Phi) is 5.91. The molecule has 0 atom stereocenters. The summed E-state index contributed by atoms with van der Waals surface area (Å²) >= 11 is 0. The second kappa shape index (κ2) is 8.89. The number of para-hydroxylation sites is 1. The van der Waals surface area contributed by atoms with E-state index in [9.17, 15) is 14.4 Å². The maximum atomic E-state index is 13.8. The van der Waals surface area contributed by atoms with Gasteiger partial charge in [-0.25, -0.2) is 9.78 Å². The molecule has 0 saturated carbocycles. The number of fused-ring (bicyclic) bond motifs is 3. The van der Waals surface area contributed by atoms with E-state index in [0.717, 1.165) is 67.7 Å². The molecule has 3 heterocycles. The van der Waals surface area contributed by atoms with Crippen LogP contribution in [0.1, 0.15) is 62.3 Å². The van der Waals surface area contributed by atoms with Gasteiger partial charge in [0, 0.05) is 37.4 Å². The molecular weight excluding hydrogens is 432 g/mol. The zero-order valence-electron chi connectivity index (χ0n) is 20.0. The molecule has 0 unspecified atom stereocenters. The fourth-order valence-corrected chi connectivity index (χ4v) is 5.59. The third-order valence-corrected chi connectivity index (χ3v) is 7.20. The standard InChI is InChI=1S/C26H32N4O4/c1-18(2)34-25(33)28-16-26(17-28)19-9-3-5-11-21(19)30(24(26)32)15-23-27-20-10-4-6-12-22(20)29(23)13-7-8-14-31/h3,5,9,11,14,18H,4,6-8,10,12-13,15-17H2,1-2H3. The van der Waals surface area contributed by atoms with Gasteiger partial charge in [0.05, 0.1) is 18.3 Å². The molecular formula is C26H32N4O4. The summed E-state index contributed by atoms with van der Waals surface area (Å²) < 4.78 is 7.58. The van der Waals surface area contributed by atoms with Crippen LogP contribution in [0.4, 0.5) is 10.5 Å². The van der Waals surface area contributed by atoms with Gasteiger partial charge in [-0.1, -0.05) is 18.2 Å². The summed E-state index contributed by atoms with van der Waals surface area (Å²) in [6, 6.07) is 7.88. The number of imidazole rings is 1. The van der Waals surface area contributed by atoms with Crippen molar-refractivity contribution in [2.75, 3.05) is 18.0 Å². The third kappa shape index (κ3) is 3.69. The Morgan fingerprint density at radius 2 is 1.97 bits per heavy atom. The Hall–Kier alpha value is -3.16. The van der Waals surface area contributed by atoms with Crippen LogP contribution in [0.2, 0.25) is 0 Å². The highest BCUT2D eigenvalue weighted by Gasteiger charge is 2.59. The van der Waals surface area contributed by atoms with Crippen LogP contribution in [0.25, 0.3) is 0 Å². The molecule has 8 heteroatoms. The minimum atomic E-state index is -0.721. The Balaban J connectivity index is 1.43. The highest BCUT2D eigenvalue weighted by atomic mass is 16.6. The maximum Gasteiger partial charge on any atom is 0.410 e. The summed E-state index contributed by atoms with van der Waals surface area (Å²) in [5, 5.41) is 0. The van der Waals surface area contributed by atoms with Crippen LogP contribution in [0.15, 0.2) is 24.3 Å². The summed E-state index contributed by atoms with van der Waals surface area (Å²) in [6.07, 6.45) is 5.90. The van der Waals surface area contributed by atoms with E-state index in [4.69, 9.17) is 9.72 Å². The predicted octanol–water partition coefficient (Wildman–Crippen LogP) is 3.39. The molecule has 34 heavy (non-hydrogen) atoms. The Bertz CT molecular complexity index is 1120. The number of hydrogen-bond acceptors (Lipinski definition) is 5. The first-order valence-electron chi connectivity index (χ1n) is 12.3.